The van der Waals surface area contributed by atoms with E-state index in [0.29, 0.717) is 16.3 Å². The summed E-state index contributed by atoms with van der Waals surface area (Å²) < 4.78 is 27.4. The number of carbonyl (C=O) groups is 1. The van der Waals surface area contributed by atoms with E-state index >= 15 is 0 Å². The molecule has 2 aromatic carbocycles. The Balaban J connectivity index is 1.80. The van der Waals surface area contributed by atoms with Crippen molar-refractivity contribution in [1.29, 1.82) is 0 Å². The molecule has 1 fully saturated rings. The van der Waals surface area contributed by atoms with Crippen molar-refractivity contribution in [2.45, 2.75) is 30.7 Å². The van der Waals surface area contributed by atoms with Crippen LogP contribution in [-0.4, -0.2) is 63.9 Å². The molecule has 0 radical (unpaired) electrons. The molecule has 0 unspecified atom stereocenters. The van der Waals surface area contributed by atoms with Crippen LogP contribution in [0.3, 0.4) is 0 Å². The lowest BCUT2D eigenvalue weighted by Gasteiger charge is -2.36. The molecular formula is C22H28ClN3O3S. The molecule has 0 aliphatic carbocycles. The second-order valence-corrected chi connectivity index (χ2v) is 9.97. The maximum Gasteiger partial charge on any atom is 0.264 e. The van der Waals surface area contributed by atoms with Crippen LogP contribution in [0.25, 0.3) is 0 Å². The maximum absolute atomic E-state index is 13.1. The van der Waals surface area contributed by atoms with Gasteiger partial charge in [-0.05, 0) is 55.8 Å². The fourth-order valence-corrected chi connectivity index (χ4v) is 5.17. The average molecular weight is 450 g/mol. The summed E-state index contributed by atoms with van der Waals surface area (Å²) in [4.78, 5) is 17.2. The van der Waals surface area contributed by atoms with Crippen LogP contribution >= 0.6 is 11.6 Å². The van der Waals surface area contributed by atoms with Crippen LogP contribution in [0.2, 0.25) is 5.02 Å². The highest BCUT2D eigenvalue weighted by Crippen LogP contribution is 2.26. The summed E-state index contributed by atoms with van der Waals surface area (Å²) in [6.45, 7) is 5.10. The quantitative estimate of drug-likeness (QED) is 0.674. The van der Waals surface area contributed by atoms with Gasteiger partial charge in [-0.25, -0.2) is 8.42 Å². The number of likely N-dealkylation sites (tertiary alicyclic amines) is 1. The third-order valence-corrected chi connectivity index (χ3v) is 7.80. The van der Waals surface area contributed by atoms with Crippen molar-refractivity contribution in [1.82, 2.24) is 9.80 Å². The van der Waals surface area contributed by atoms with Crippen molar-refractivity contribution in [2.75, 3.05) is 38.0 Å². The highest BCUT2D eigenvalue weighted by molar-refractivity contribution is 7.92. The Morgan fingerprint density at radius 3 is 2.40 bits per heavy atom. The van der Waals surface area contributed by atoms with Gasteiger partial charge in [0.15, 0.2) is 0 Å². The zero-order valence-corrected chi connectivity index (χ0v) is 19.2. The minimum atomic E-state index is -3.83. The lowest BCUT2D eigenvalue weighted by molar-refractivity contribution is 0.0646. The number of nitrogens with zero attached hydrogens (tertiary/aromatic N) is 3. The Bertz CT molecular complexity index is 1000. The summed E-state index contributed by atoms with van der Waals surface area (Å²) >= 11 is 6.00. The predicted molar refractivity (Wildman–Crippen MR) is 121 cm³/mol. The van der Waals surface area contributed by atoms with E-state index in [1.54, 1.807) is 48.3 Å². The molecule has 3 rings (SSSR count). The average Bonchev–Trinajstić information content (AvgIpc) is 2.77. The van der Waals surface area contributed by atoms with Crippen molar-refractivity contribution in [2.24, 2.45) is 0 Å². The standard InChI is InChI=1S/C22H28ClN3O3S/c1-4-26-13-11-19(12-14-26)24(2)22(27)17-7-5-10-21(15-17)30(28,29)25(3)20-9-6-8-18(23)16-20/h5-10,15-16,19H,4,11-14H2,1-3H3. The lowest BCUT2D eigenvalue weighted by Crippen LogP contribution is -2.45. The molecule has 1 heterocycles. The molecule has 0 N–H and O–H groups in total. The third kappa shape index (κ3) is 4.79. The number of amides is 1. The lowest BCUT2D eigenvalue weighted by atomic mass is 10.0. The van der Waals surface area contributed by atoms with Crippen LogP contribution in [0, 0.1) is 0 Å². The van der Waals surface area contributed by atoms with Crippen LogP contribution < -0.4 is 4.31 Å². The number of sulfonamides is 1. The van der Waals surface area contributed by atoms with Crippen molar-refractivity contribution >= 4 is 33.2 Å². The summed E-state index contributed by atoms with van der Waals surface area (Å²) in [6.07, 6.45) is 1.84. The fraction of sp³-hybridized carbons (Fsp3) is 0.409. The molecule has 0 saturated carbocycles. The van der Waals surface area contributed by atoms with Crippen molar-refractivity contribution < 1.29 is 13.2 Å². The van der Waals surface area contributed by atoms with Gasteiger partial charge in [0.25, 0.3) is 15.9 Å². The number of hydrogen-bond donors (Lipinski definition) is 0. The molecular weight excluding hydrogens is 422 g/mol. The molecule has 1 aliphatic rings. The Morgan fingerprint density at radius 1 is 1.10 bits per heavy atom. The van der Waals surface area contributed by atoms with E-state index in [4.69, 9.17) is 11.6 Å². The second-order valence-electron chi connectivity index (χ2n) is 7.56. The molecule has 162 valence electrons. The van der Waals surface area contributed by atoms with Gasteiger partial charge in [0.1, 0.15) is 0 Å². The van der Waals surface area contributed by atoms with Gasteiger partial charge in [-0.15, -0.1) is 0 Å². The topological polar surface area (TPSA) is 60.9 Å². The van der Waals surface area contributed by atoms with E-state index in [2.05, 4.69) is 11.8 Å². The number of hydrogen-bond acceptors (Lipinski definition) is 4. The largest absolute Gasteiger partial charge is 0.339 e. The first kappa shape index (κ1) is 22.6. The Kier molecular flexibility index (Phi) is 7.06. The number of benzene rings is 2. The number of carbonyl (C=O) groups excluding carboxylic acids is 1. The van der Waals surface area contributed by atoms with Gasteiger partial charge in [-0.1, -0.05) is 30.7 Å². The zero-order valence-electron chi connectivity index (χ0n) is 17.6. The van der Waals surface area contributed by atoms with E-state index in [1.165, 1.54) is 23.5 Å². The SMILES string of the molecule is CCN1CCC(N(C)C(=O)c2cccc(S(=O)(=O)N(C)c3cccc(Cl)c3)c2)CC1. The van der Waals surface area contributed by atoms with E-state index in [1.807, 2.05) is 0 Å². The summed E-state index contributed by atoms with van der Waals surface area (Å²) in [6, 6.07) is 13.0. The molecule has 1 saturated heterocycles. The molecule has 1 aliphatic heterocycles. The first-order valence-electron chi connectivity index (χ1n) is 10.1. The van der Waals surface area contributed by atoms with Crippen LogP contribution in [0.15, 0.2) is 53.4 Å². The van der Waals surface area contributed by atoms with Crippen molar-refractivity contribution in [3.05, 3.63) is 59.1 Å². The number of anilines is 1. The van der Waals surface area contributed by atoms with Gasteiger partial charge < -0.3 is 9.80 Å². The van der Waals surface area contributed by atoms with Gasteiger partial charge in [0.05, 0.1) is 10.6 Å². The first-order valence-corrected chi connectivity index (χ1v) is 11.9. The van der Waals surface area contributed by atoms with E-state index in [-0.39, 0.29) is 16.8 Å². The monoisotopic (exact) mass is 449 g/mol. The van der Waals surface area contributed by atoms with Gasteiger partial charge in [0, 0.05) is 43.8 Å². The van der Waals surface area contributed by atoms with Gasteiger partial charge in [-0.2, -0.15) is 0 Å². The molecule has 0 spiro atoms. The summed E-state index contributed by atoms with van der Waals surface area (Å²) in [5, 5.41) is 0.453. The smallest absolute Gasteiger partial charge is 0.264 e. The van der Waals surface area contributed by atoms with Crippen LogP contribution in [0.1, 0.15) is 30.1 Å². The normalized spacial score (nSPS) is 15.7. The first-order chi connectivity index (χ1) is 14.2. The minimum absolute atomic E-state index is 0.0741. The van der Waals surface area contributed by atoms with Gasteiger partial charge in [-0.3, -0.25) is 9.10 Å². The van der Waals surface area contributed by atoms with Crippen LogP contribution in [0.4, 0.5) is 5.69 Å². The third-order valence-electron chi connectivity index (χ3n) is 5.78. The summed E-state index contributed by atoms with van der Waals surface area (Å²) in [7, 11) is -0.554. The van der Waals surface area contributed by atoms with Crippen LogP contribution in [-0.2, 0) is 10.0 Å². The summed E-state index contributed by atoms with van der Waals surface area (Å²) in [5.41, 5.74) is 0.829. The molecule has 0 atom stereocenters. The second kappa shape index (κ2) is 9.37. The number of rotatable bonds is 6. The summed E-state index contributed by atoms with van der Waals surface area (Å²) in [5.74, 6) is -0.160. The molecule has 6 nitrogen and oxygen atoms in total. The zero-order chi connectivity index (χ0) is 21.9. The van der Waals surface area contributed by atoms with Gasteiger partial charge in [0.2, 0.25) is 0 Å². The van der Waals surface area contributed by atoms with E-state index < -0.39 is 10.0 Å². The molecule has 2 aromatic rings. The number of piperidine rings is 1. The highest BCUT2D eigenvalue weighted by Gasteiger charge is 2.27. The Hall–Kier alpha value is -2.09. The molecule has 1 amide bonds. The number of halogens is 1. The Morgan fingerprint density at radius 2 is 1.77 bits per heavy atom. The molecule has 30 heavy (non-hydrogen) atoms. The minimum Gasteiger partial charge on any atom is -0.339 e. The maximum atomic E-state index is 13.1. The van der Waals surface area contributed by atoms with Crippen molar-refractivity contribution in [3.63, 3.8) is 0 Å². The predicted octanol–water partition coefficient (Wildman–Crippen LogP) is 3.72. The fourth-order valence-electron chi connectivity index (χ4n) is 3.75. The Labute approximate surface area is 184 Å². The van der Waals surface area contributed by atoms with Crippen LogP contribution in [0.5, 0.6) is 0 Å². The highest BCUT2D eigenvalue weighted by atomic mass is 35.5. The van der Waals surface area contributed by atoms with E-state index in [9.17, 15) is 13.2 Å². The molecule has 0 bridgehead atoms. The van der Waals surface area contributed by atoms with Crippen molar-refractivity contribution in [3.8, 4) is 0 Å². The molecule has 8 heteroatoms. The van der Waals surface area contributed by atoms with E-state index in [0.717, 1.165) is 32.5 Å². The van der Waals surface area contributed by atoms with Gasteiger partial charge >= 0.3 is 0 Å². The molecule has 0 aromatic heterocycles.